The highest BCUT2D eigenvalue weighted by molar-refractivity contribution is 9.10. The van der Waals surface area contributed by atoms with Crippen molar-refractivity contribution in [1.29, 1.82) is 0 Å². The zero-order valence-electron chi connectivity index (χ0n) is 11.4. The van der Waals surface area contributed by atoms with Crippen LogP contribution in [0, 0.1) is 10.1 Å². The van der Waals surface area contributed by atoms with E-state index < -0.39 is 4.92 Å². The molecule has 2 rings (SSSR count). The van der Waals surface area contributed by atoms with E-state index in [0.717, 1.165) is 4.47 Å². The lowest BCUT2D eigenvalue weighted by Crippen LogP contribution is -2.08. The third-order valence-electron chi connectivity index (χ3n) is 2.41. The first-order valence-corrected chi connectivity index (χ1v) is 6.99. The van der Waals surface area contributed by atoms with Crippen LogP contribution in [-0.4, -0.2) is 16.0 Å². The zero-order chi connectivity index (χ0) is 15.4. The van der Waals surface area contributed by atoms with Crippen LogP contribution in [0.25, 0.3) is 0 Å². The summed E-state index contributed by atoms with van der Waals surface area (Å²) in [6, 6.07) is 6.38. The molecule has 0 bridgehead atoms. The molecule has 0 saturated carbocycles. The number of hydrogen-bond acceptors (Lipinski definition) is 5. The lowest BCUT2D eigenvalue weighted by molar-refractivity contribution is -0.386. The average Bonchev–Trinajstić information content (AvgIpc) is 2.37. The topological polar surface area (TPSA) is 74.5 Å². The fourth-order valence-electron chi connectivity index (χ4n) is 1.69. The van der Waals surface area contributed by atoms with Gasteiger partial charge >= 0.3 is 5.69 Å². The molecule has 7 heteroatoms. The summed E-state index contributed by atoms with van der Waals surface area (Å²) < 4.78 is 11.7. The second-order valence-corrected chi connectivity index (χ2v) is 5.38. The van der Waals surface area contributed by atoms with Gasteiger partial charge in [-0.25, -0.2) is 0 Å². The van der Waals surface area contributed by atoms with E-state index in [1.807, 2.05) is 0 Å². The number of rotatable bonds is 5. The van der Waals surface area contributed by atoms with Gasteiger partial charge in [0.05, 0.1) is 17.2 Å². The Bertz CT molecular complexity index is 661. The van der Waals surface area contributed by atoms with Gasteiger partial charge in [0.25, 0.3) is 0 Å². The molecule has 1 aromatic heterocycles. The first-order valence-electron chi connectivity index (χ1n) is 6.20. The molecule has 6 nitrogen and oxygen atoms in total. The molecule has 1 aromatic carbocycles. The summed E-state index contributed by atoms with van der Waals surface area (Å²) in [4.78, 5) is 14.7. The number of pyridine rings is 1. The Morgan fingerprint density at radius 3 is 2.62 bits per heavy atom. The van der Waals surface area contributed by atoms with E-state index in [9.17, 15) is 10.1 Å². The van der Waals surface area contributed by atoms with E-state index >= 15 is 0 Å². The number of para-hydroxylation sites is 1. The van der Waals surface area contributed by atoms with Crippen molar-refractivity contribution < 1.29 is 14.4 Å². The maximum absolute atomic E-state index is 11.3. The molecule has 0 spiro atoms. The molecular formula is C14H13BrN2O4. The van der Waals surface area contributed by atoms with Crippen LogP contribution in [0.4, 0.5) is 5.69 Å². The standard InChI is InChI=1S/C14H13BrN2O4/c1-9(2)20-12-4-3-5-13(14(12)17(18)19)21-11-6-10(15)7-16-8-11/h3-9H,1-2H3. The van der Waals surface area contributed by atoms with Crippen LogP contribution >= 0.6 is 15.9 Å². The normalized spacial score (nSPS) is 10.5. The van der Waals surface area contributed by atoms with Gasteiger partial charge < -0.3 is 9.47 Å². The lowest BCUT2D eigenvalue weighted by atomic mass is 10.2. The van der Waals surface area contributed by atoms with Gasteiger partial charge in [0.1, 0.15) is 5.75 Å². The minimum absolute atomic E-state index is 0.109. The number of nitro groups is 1. The van der Waals surface area contributed by atoms with Crippen LogP contribution in [0.5, 0.6) is 17.2 Å². The van der Waals surface area contributed by atoms with Crippen molar-refractivity contribution in [3.05, 3.63) is 51.2 Å². The molecule has 21 heavy (non-hydrogen) atoms. The van der Waals surface area contributed by atoms with Crippen LogP contribution in [-0.2, 0) is 0 Å². The van der Waals surface area contributed by atoms with E-state index in [4.69, 9.17) is 9.47 Å². The number of benzene rings is 1. The van der Waals surface area contributed by atoms with Gasteiger partial charge in [-0.2, -0.15) is 0 Å². The van der Waals surface area contributed by atoms with Crippen molar-refractivity contribution in [1.82, 2.24) is 4.98 Å². The second kappa shape index (κ2) is 6.53. The van der Waals surface area contributed by atoms with Crippen molar-refractivity contribution in [2.24, 2.45) is 0 Å². The highest BCUT2D eigenvalue weighted by atomic mass is 79.9. The van der Waals surface area contributed by atoms with Gasteiger partial charge in [0.2, 0.25) is 11.5 Å². The Labute approximate surface area is 130 Å². The molecule has 1 heterocycles. The Hall–Kier alpha value is -2.15. The zero-order valence-corrected chi connectivity index (χ0v) is 13.0. The van der Waals surface area contributed by atoms with Gasteiger partial charge in [-0.15, -0.1) is 0 Å². The average molecular weight is 353 g/mol. The predicted octanol–water partition coefficient (Wildman–Crippen LogP) is 4.33. The van der Waals surface area contributed by atoms with Crippen LogP contribution in [0.2, 0.25) is 0 Å². The lowest BCUT2D eigenvalue weighted by Gasteiger charge is -2.12. The van der Waals surface area contributed by atoms with Gasteiger partial charge in [-0.1, -0.05) is 6.07 Å². The first-order chi connectivity index (χ1) is 9.97. The van der Waals surface area contributed by atoms with Crippen LogP contribution in [0.1, 0.15) is 13.8 Å². The maximum Gasteiger partial charge on any atom is 0.352 e. The fourth-order valence-corrected chi connectivity index (χ4v) is 2.03. The Kier molecular flexibility index (Phi) is 4.74. The highest BCUT2D eigenvalue weighted by Gasteiger charge is 2.23. The molecule has 0 aliphatic rings. The van der Waals surface area contributed by atoms with Crippen LogP contribution < -0.4 is 9.47 Å². The number of ether oxygens (including phenoxy) is 2. The van der Waals surface area contributed by atoms with Gasteiger partial charge in [0, 0.05) is 10.7 Å². The van der Waals surface area contributed by atoms with Crippen molar-refractivity contribution in [2.75, 3.05) is 0 Å². The molecule has 0 N–H and O–H groups in total. The van der Waals surface area contributed by atoms with Gasteiger partial charge in [-0.3, -0.25) is 15.1 Å². The largest absolute Gasteiger partial charge is 0.484 e. The molecule has 0 atom stereocenters. The van der Waals surface area contributed by atoms with Gasteiger partial charge in [-0.05, 0) is 48.0 Å². The minimum atomic E-state index is -0.515. The quantitative estimate of drug-likeness (QED) is 0.591. The van der Waals surface area contributed by atoms with E-state index in [-0.39, 0.29) is 23.3 Å². The third kappa shape index (κ3) is 3.91. The third-order valence-corrected chi connectivity index (χ3v) is 2.85. The number of aromatic nitrogens is 1. The SMILES string of the molecule is CC(C)Oc1cccc(Oc2cncc(Br)c2)c1[N+](=O)[O-]. The summed E-state index contributed by atoms with van der Waals surface area (Å²) in [6.07, 6.45) is 2.90. The molecule has 0 aliphatic heterocycles. The predicted molar refractivity (Wildman–Crippen MR) is 80.9 cm³/mol. The molecule has 0 saturated heterocycles. The van der Waals surface area contributed by atoms with Gasteiger partial charge in [0.15, 0.2) is 0 Å². The van der Waals surface area contributed by atoms with E-state index in [1.165, 1.54) is 12.3 Å². The Morgan fingerprint density at radius 1 is 1.29 bits per heavy atom. The first kappa shape index (κ1) is 15.2. The van der Waals surface area contributed by atoms with Crippen LogP contribution in [0.3, 0.4) is 0 Å². The molecule has 0 amide bonds. The smallest absolute Gasteiger partial charge is 0.352 e. The van der Waals surface area contributed by atoms with Crippen molar-refractivity contribution in [3.8, 4) is 17.2 Å². The molecule has 0 radical (unpaired) electrons. The summed E-state index contributed by atoms with van der Waals surface area (Å²) in [5, 5.41) is 11.3. The summed E-state index contributed by atoms with van der Waals surface area (Å²) in [5.74, 6) is 0.683. The monoisotopic (exact) mass is 352 g/mol. The molecular weight excluding hydrogens is 340 g/mol. The minimum Gasteiger partial charge on any atom is -0.484 e. The summed E-state index contributed by atoms with van der Waals surface area (Å²) >= 11 is 3.27. The van der Waals surface area contributed by atoms with Crippen molar-refractivity contribution >= 4 is 21.6 Å². The van der Waals surface area contributed by atoms with Crippen LogP contribution in [0.15, 0.2) is 41.1 Å². The number of halogens is 1. The number of nitro benzene ring substituents is 1. The Balaban J connectivity index is 2.41. The molecule has 110 valence electrons. The summed E-state index contributed by atoms with van der Waals surface area (Å²) in [6.45, 7) is 3.60. The molecule has 2 aromatic rings. The molecule has 0 fully saturated rings. The second-order valence-electron chi connectivity index (χ2n) is 4.47. The van der Waals surface area contributed by atoms with E-state index in [1.54, 1.807) is 38.2 Å². The number of hydrogen-bond donors (Lipinski definition) is 0. The molecule has 0 aliphatic carbocycles. The van der Waals surface area contributed by atoms with Crippen molar-refractivity contribution in [3.63, 3.8) is 0 Å². The highest BCUT2D eigenvalue weighted by Crippen LogP contribution is 2.39. The van der Waals surface area contributed by atoms with E-state index in [0.29, 0.717) is 5.75 Å². The summed E-state index contributed by atoms with van der Waals surface area (Å²) in [7, 11) is 0. The molecule has 0 unspecified atom stereocenters. The van der Waals surface area contributed by atoms with E-state index in [2.05, 4.69) is 20.9 Å². The summed E-state index contributed by atoms with van der Waals surface area (Å²) in [5.41, 5.74) is -0.203. The van der Waals surface area contributed by atoms with Crippen molar-refractivity contribution in [2.45, 2.75) is 20.0 Å². The Morgan fingerprint density at radius 2 is 2.00 bits per heavy atom. The fraction of sp³-hybridized carbons (Fsp3) is 0.214. The number of nitrogens with zero attached hydrogens (tertiary/aromatic N) is 2. The maximum atomic E-state index is 11.3.